The Hall–Kier alpha value is -1.09. The maximum Gasteiger partial charge on any atom is 0.138 e. The van der Waals surface area contributed by atoms with Crippen LogP contribution >= 0.6 is 0 Å². The van der Waals surface area contributed by atoms with Crippen molar-refractivity contribution in [2.75, 3.05) is 0 Å². The van der Waals surface area contributed by atoms with Gasteiger partial charge in [0, 0.05) is 6.20 Å². The smallest absolute Gasteiger partial charge is 0.138 e. The zero-order chi connectivity index (χ0) is 10.1. The van der Waals surface area contributed by atoms with Crippen molar-refractivity contribution in [1.29, 1.82) is 0 Å². The predicted molar refractivity (Wildman–Crippen MR) is 52.3 cm³/mol. The van der Waals surface area contributed by atoms with E-state index in [2.05, 4.69) is 4.98 Å². The van der Waals surface area contributed by atoms with Gasteiger partial charge in [0.15, 0.2) is 0 Å². The highest BCUT2D eigenvalue weighted by Gasteiger charge is 2.25. The van der Waals surface area contributed by atoms with Crippen LogP contribution < -0.4 is 5.73 Å². The van der Waals surface area contributed by atoms with E-state index in [1.54, 1.807) is 18.3 Å². The van der Waals surface area contributed by atoms with Crippen LogP contribution in [0.4, 0.5) is 0 Å². The number of pyridine rings is 1. The minimum Gasteiger partial charge on any atom is -0.506 e. The minimum absolute atomic E-state index is 0.0914. The summed E-state index contributed by atoms with van der Waals surface area (Å²) in [4.78, 5) is 4.07. The molecule has 1 heterocycles. The lowest BCUT2D eigenvalue weighted by Gasteiger charge is -2.26. The number of aromatic nitrogens is 1. The van der Waals surface area contributed by atoms with E-state index in [1.165, 1.54) is 0 Å². The highest BCUT2D eigenvalue weighted by molar-refractivity contribution is 5.28. The van der Waals surface area contributed by atoms with Crippen LogP contribution in [0.1, 0.15) is 32.5 Å². The molecule has 72 valence electrons. The number of nitrogens with two attached hydrogens (primary N) is 1. The van der Waals surface area contributed by atoms with Crippen molar-refractivity contribution in [3.05, 3.63) is 24.0 Å². The van der Waals surface area contributed by atoms with Crippen LogP contribution in [-0.2, 0) is 0 Å². The zero-order valence-electron chi connectivity index (χ0n) is 8.28. The van der Waals surface area contributed by atoms with Gasteiger partial charge in [-0.15, -0.1) is 0 Å². The topological polar surface area (TPSA) is 59.1 Å². The predicted octanol–water partition coefficient (Wildman–Crippen LogP) is 1.83. The first-order valence-electron chi connectivity index (χ1n) is 4.32. The molecule has 1 rings (SSSR count). The fourth-order valence-electron chi connectivity index (χ4n) is 1.06. The SMILES string of the molecule is CC(C)(C)C(N)c1ncccc1O. The third-order valence-electron chi connectivity index (χ3n) is 2.04. The molecule has 13 heavy (non-hydrogen) atoms. The first kappa shape index (κ1) is 9.99. The van der Waals surface area contributed by atoms with E-state index in [-0.39, 0.29) is 17.2 Å². The largest absolute Gasteiger partial charge is 0.506 e. The maximum absolute atomic E-state index is 9.50. The lowest BCUT2D eigenvalue weighted by Crippen LogP contribution is -2.27. The van der Waals surface area contributed by atoms with Crippen molar-refractivity contribution in [3.8, 4) is 5.75 Å². The van der Waals surface area contributed by atoms with E-state index >= 15 is 0 Å². The molecule has 0 amide bonds. The molecule has 0 aliphatic rings. The van der Waals surface area contributed by atoms with E-state index in [1.807, 2.05) is 20.8 Å². The molecule has 3 heteroatoms. The van der Waals surface area contributed by atoms with Gasteiger partial charge in [0.05, 0.1) is 11.7 Å². The van der Waals surface area contributed by atoms with Crippen molar-refractivity contribution in [2.45, 2.75) is 26.8 Å². The van der Waals surface area contributed by atoms with Gasteiger partial charge in [-0.2, -0.15) is 0 Å². The molecule has 1 atom stereocenters. The van der Waals surface area contributed by atoms with Gasteiger partial charge in [0.1, 0.15) is 5.75 Å². The zero-order valence-corrected chi connectivity index (χ0v) is 8.28. The summed E-state index contributed by atoms with van der Waals surface area (Å²) in [6, 6.07) is 3.05. The number of rotatable bonds is 1. The van der Waals surface area contributed by atoms with Crippen LogP contribution in [0.3, 0.4) is 0 Å². The van der Waals surface area contributed by atoms with Crippen LogP contribution in [0.2, 0.25) is 0 Å². The maximum atomic E-state index is 9.50. The molecule has 1 aromatic heterocycles. The van der Waals surface area contributed by atoms with Gasteiger partial charge >= 0.3 is 0 Å². The van der Waals surface area contributed by atoms with Gasteiger partial charge in [-0.1, -0.05) is 20.8 Å². The number of hydrogen-bond acceptors (Lipinski definition) is 3. The van der Waals surface area contributed by atoms with Crippen LogP contribution in [0.25, 0.3) is 0 Å². The molecule has 0 spiro atoms. The Morgan fingerprint density at radius 3 is 2.54 bits per heavy atom. The summed E-state index contributed by atoms with van der Waals surface area (Å²) in [7, 11) is 0. The fraction of sp³-hybridized carbons (Fsp3) is 0.500. The molecule has 1 unspecified atom stereocenters. The number of nitrogens with zero attached hydrogens (tertiary/aromatic N) is 1. The molecule has 3 N–H and O–H groups in total. The van der Waals surface area contributed by atoms with E-state index in [4.69, 9.17) is 5.73 Å². The minimum atomic E-state index is -0.242. The second-order valence-electron chi connectivity index (χ2n) is 4.25. The first-order valence-corrected chi connectivity index (χ1v) is 4.32. The monoisotopic (exact) mass is 180 g/mol. The van der Waals surface area contributed by atoms with Crippen molar-refractivity contribution in [2.24, 2.45) is 11.1 Å². The normalized spacial score (nSPS) is 14.2. The van der Waals surface area contributed by atoms with Crippen molar-refractivity contribution < 1.29 is 5.11 Å². The van der Waals surface area contributed by atoms with E-state index in [9.17, 15) is 5.11 Å². The van der Waals surface area contributed by atoms with Crippen LogP contribution in [0, 0.1) is 5.41 Å². The Bertz CT molecular complexity index is 291. The van der Waals surface area contributed by atoms with Crippen molar-refractivity contribution in [3.63, 3.8) is 0 Å². The molecule has 0 saturated heterocycles. The highest BCUT2D eigenvalue weighted by Crippen LogP contribution is 2.33. The van der Waals surface area contributed by atoms with Gasteiger partial charge in [-0.3, -0.25) is 4.98 Å². The average molecular weight is 180 g/mol. The summed E-state index contributed by atoms with van der Waals surface area (Å²) in [6.45, 7) is 6.06. The summed E-state index contributed by atoms with van der Waals surface area (Å²) < 4.78 is 0. The second-order valence-corrected chi connectivity index (χ2v) is 4.25. The molecule has 0 aliphatic carbocycles. The standard InChI is InChI=1S/C10H16N2O/c1-10(2,3)9(11)8-7(13)5-4-6-12-8/h4-6,9,13H,11H2,1-3H3. The Balaban J connectivity index is 3.02. The Morgan fingerprint density at radius 2 is 2.08 bits per heavy atom. The van der Waals surface area contributed by atoms with Crippen LogP contribution in [0.5, 0.6) is 5.75 Å². The third kappa shape index (κ3) is 2.18. The number of aromatic hydroxyl groups is 1. The molecule has 0 bridgehead atoms. The fourth-order valence-corrected chi connectivity index (χ4v) is 1.06. The average Bonchev–Trinajstić information content (AvgIpc) is 2.02. The van der Waals surface area contributed by atoms with Crippen molar-refractivity contribution in [1.82, 2.24) is 4.98 Å². The van der Waals surface area contributed by atoms with E-state index < -0.39 is 0 Å². The molecule has 0 fully saturated rings. The van der Waals surface area contributed by atoms with E-state index in [0.717, 1.165) is 0 Å². The molecule has 0 aromatic carbocycles. The lowest BCUT2D eigenvalue weighted by atomic mass is 9.85. The number of hydrogen-bond donors (Lipinski definition) is 2. The first-order chi connectivity index (χ1) is 5.93. The van der Waals surface area contributed by atoms with Gasteiger partial charge in [-0.05, 0) is 17.5 Å². The summed E-state index contributed by atoms with van der Waals surface area (Å²) in [5.74, 6) is 0.171. The summed E-state index contributed by atoms with van der Waals surface area (Å²) in [5, 5.41) is 9.50. The third-order valence-corrected chi connectivity index (χ3v) is 2.04. The summed E-state index contributed by atoms with van der Waals surface area (Å²) in [5.41, 5.74) is 6.42. The molecule has 0 radical (unpaired) electrons. The quantitative estimate of drug-likeness (QED) is 0.693. The summed E-state index contributed by atoms with van der Waals surface area (Å²) in [6.07, 6.45) is 1.64. The van der Waals surface area contributed by atoms with Gasteiger partial charge in [-0.25, -0.2) is 0 Å². The molecule has 3 nitrogen and oxygen atoms in total. The Kier molecular flexibility index (Phi) is 2.57. The van der Waals surface area contributed by atoms with Gasteiger partial charge in [0.25, 0.3) is 0 Å². The lowest BCUT2D eigenvalue weighted by molar-refractivity contribution is 0.311. The van der Waals surface area contributed by atoms with Crippen LogP contribution in [0.15, 0.2) is 18.3 Å². The Labute approximate surface area is 78.6 Å². The Morgan fingerprint density at radius 1 is 1.46 bits per heavy atom. The molecule has 0 aliphatic heterocycles. The van der Waals surface area contributed by atoms with Crippen molar-refractivity contribution >= 4 is 0 Å². The second kappa shape index (κ2) is 3.34. The highest BCUT2D eigenvalue weighted by atomic mass is 16.3. The van der Waals surface area contributed by atoms with Crippen LogP contribution in [-0.4, -0.2) is 10.1 Å². The molecular weight excluding hydrogens is 164 g/mol. The van der Waals surface area contributed by atoms with Gasteiger partial charge in [0.2, 0.25) is 0 Å². The van der Waals surface area contributed by atoms with Gasteiger partial charge < -0.3 is 10.8 Å². The molecule has 1 aromatic rings. The summed E-state index contributed by atoms with van der Waals surface area (Å²) >= 11 is 0. The van der Waals surface area contributed by atoms with E-state index in [0.29, 0.717) is 5.69 Å². The molecular formula is C10H16N2O. The molecule has 0 saturated carbocycles.